The van der Waals surface area contributed by atoms with E-state index in [4.69, 9.17) is 10.5 Å². The minimum atomic E-state index is -0.319. The Balaban J connectivity index is 2.86. The fourth-order valence-corrected chi connectivity index (χ4v) is 1.84. The van der Waals surface area contributed by atoms with Crippen LogP contribution in [0.15, 0.2) is 24.3 Å². The van der Waals surface area contributed by atoms with Crippen molar-refractivity contribution in [1.82, 2.24) is 5.32 Å². The first-order valence-corrected chi connectivity index (χ1v) is 6.27. The van der Waals surface area contributed by atoms with Crippen molar-refractivity contribution >= 4 is 5.91 Å². The standard InChI is InChI=1S/C14H22N2O2/c1-4-14(5-2,10-15)16-13(17)11-7-6-8-12(9-11)18-3/h6-9H,4-5,10,15H2,1-3H3,(H,16,17). The molecule has 0 saturated heterocycles. The number of carbonyl (C=O) groups excluding carboxylic acids is 1. The zero-order valence-corrected chi connectivity index (χ0v) is 11.3. The summed E-state index contributed by atoms with van der Waals surface area (Å²) in [7, 11) is 1.58. The number of hydrogen-bond donors (Lipinski definition) is 2. The molecule has 0 heterocycles. The maximum atomic E-state index is 12.2. The second-order valence-electron chi connectivity index (χ2n) is 4.38. The summed E-state index contributed by atoms with van der Waals surface area (Å²) in [5, 5.41) is 3.03. The second-order valence-corrected chi connectivity index (χ2v) is 4.38. The number of carbonyl (C=O) groups is 1. The van der Waals surface area contributed by atoms with E-state index >= 15 is 0 Å². The van der Waals surface area contributed by atoms with Crippen molar-refractivity contribution in [1.29, 1.82) is 0 Å². The van der Waals surface area contributed by atoms with Crippen molar-refractivity contribution in [3.8, 4) is 5.75 Å². The lowest BCUT2D eigenvalue weighted by Crippen LogP contribution is -2.52. The summed E-state index contributed by atoms with van der Waals surface area (Å²) in [6.07, 6.45) is 1.63. The summed E-state index contributed by atoms with van der Waals surface area (Å²) in [5.41, 5.74) is 6.04. The Labute approximate surface area is 109 Å². The Hall–Kier alpha value is -1.55. The molecule has 0 aliphatic rings. The Bertz CT molecular complexity index is 392. The van der Waals surface area contributed by atoms with E-state index in [9.17, 15) is 4.79 Å². The average molecular weight is 250 g/mol. The van der Waals surface area contributed by atoms with Gasteiger partial charge in [-0.3, -0.25) is 4.79 Å². The number of rotatable bonds is 6. The van der Waals surface area contributed by atoms with Crippen LogP contribution in [0, 0.1) is 0 Å². The molecule has 0 aliphatic carbocycles. The number of nitrogens with two attached hydrogens (primary N) is 1. The van der Waals surface area contributed by atoms with E-state index in [-0.39, 0.29) is 11.4 Å². The molecule has 0 bridgehead atoms. The molecular weight excluding hydrogens is 228 g/mol. The van der Waals surface area contributed by atoms with Gasteiger partial charge in [-0.2, -0.15) is 0 Å². The van der Waals surface area contributed by atoms with Crippen LogP contribution in [0.25, 0.3) is 0 Å². The molecule has 0 aliphatic heterocycles. The van der Waals surface area contributed by atoms with Crippen LogP contribution in [-0.2, 0) is 0 Å². The van der Waals surface area contributed by atoms with Gasteiger partial charge in [-0.1, -0.05) is 19.9 Å². The molecule has 4 heteroatoms. The van der Waals surface area contributed by atoms with Gasteiger partial charge in [0.1, 0.15) is 5.75 Å². The zero-order valence-electron chi connectivity index (χ0n) is 11.3. The monoisotopic (exact) mass is 250 g/mol. The lowest BCUT2D eigenvalue weighted by atomic mass is 9.92. The Morgan fingerprint density at radius 2 is 2.06 bits per heavy atom. The zero-order chi connectivity index (χ0) is 13.6. The third kappa shape index (κ3) is 3.23. The van der Waals surface area contributed by atoms with Gasteiger partial charge in [0, 0.05) is 12.1 Å². The molecule has 1 aromatic carbocycles. The van der Waals surface area contributed by atoms with E-state index in [0.29, 0.717) is 17.9 Å². The van der Waals surface area contributed by atoms with Gasteiger partial charge in [0.05, 0.1) is 12.6 Å². The van der Waals surface area contributed by atoms with Gasteiger partial charge < -0.3 is 15.8 Å². The van der Waals surface area contributed by atoms with Gasteiger partial charge in [0.25, 0.3) is 5.91 Å². The van der Waals surface area contributed by atoms with Gasteiger partial charge in [-0.05, 0) is 31.0 Å². The maximum absolute atomic E-state index is 12.2. The molecule has 0 unspecified atom stereocenters. The highest BCUT2D eigenvalue weighted by Crippen LogP contribution is 2.17. The quantitative estimate of drug-likeness (QED) is 0.811. The lowest BCUT2D eigenvalue weighted by molar-refractivity contribution is 0.0895. The van der Waals surface area contributed by atoms with Crippen molar-refractivity contribution in [2.45, 2.75) is 32.2 Å². The van der Waals surface area contributed by atoms with E-state index in [1.54, 1.807) is 25.3 Å². The van der Waals surface area contributed by atoms with Crippen molar-refractivity contribution in [3.63, 3.8) is 0 Å². The van der Waals surface area contributed by atoms with E-state index in [0.717, 1.165) is 12.8 Å². The number of benzene rings is 1. The van der Waals surface area contributed by atoms with Crippen molar-refractivity contribution in [2.24, 2.45) is 5.73 Å². The van der Waals surface area contributed by atoms with Crippen LogP contribution in [0.3, 0.4) is 0 Å². The molecule has 0 fully saturated rings. The molecule has 1 rings (SSSR count). The molecule has 1 amide bonds. The van der Waals surface area contributed by atoms with Gasteiger partial charge in [-0.15, -0.1) is 0 Å². The minimum absolute atomic E-state index is 0.108. The van der Waals surface area contributed by atoms with Gasteiger partial charge >= 0.3 is 0 Å². The second kappa shape index (κ2) is 6.40. The molecule has 0 aromatic heterocycles. The minimum Gasteiger partial charge on any atom is -0.497 e. The molecular formula is C14H22N2O2. The lowest BCUT2D eigenvalue weighted by Gasteiger charge is -2.31. The summed E-state index contributed by atoms with van der Waals surface area (Å²) < 4.78 is 5.11. The predicted molar refractivity (Wildman–Crippen MR) is 72.8 cm³/mol. The summed E-state index contributed by atoms with van der Waals surface area (Å²) in [5.74, 6) is 0.567. The predicted octanol–water partition coefficient (Wildman–Crippen LogP) is 1.94. The van der Waals surface area contributed by atoms with Crippen molar-refractivity contribution < 1.29 is 9.53 Å². The summed E-state index contributed by atoms with van der Waals surface area (Å²) >= 11 is 0. The molecule has 0 spiro atoms. The Morgan fingerprint density at radius 1 is 1.39 bits per heavy atom. The topological polar surface area (TPSA) is 64.3 Å². The SMILES string of the molecule is CCC(CC)(CN)NC(=O)c1cccc(OC)c1. The molecule has 0 atom stereocenters. The molecule has 4 nitrogen and oxygen atoms in total. The molecule has 0 saturated carbocycles. The van der Waals surface area contributed by atoms with Crippen LogP contribution in [0.2, 0.25) is 0 Å². The van der Waals surface area contributed by atoms with E-state index in [2.05, 4.69) is 5.32 Å². The first-order chi connectivity index (χ1) is 8.60. The fraction of sp³-hybridized carbons (Fsp3) is 0.500. The first kappa shape index (κ1) is 14.5. The largest absolute Gasteiger partial charge is 0.497 e. The molecule has 18 heavy (non-hydrogen) atoms. The van der Waals surface area contributed by atoms with Gasteiger partial charge in [0.15, 0.2) is 0 Å². The highest BCUT2D eigenvalue weighted by molar-refractivity contribution is 5.95. The van der Waals surface area contributed by atoms with Crippen molar-refractivity contribution in [2.75, 3.05) is 13.7 Å². The van der Waals surface area contributed by atoms with Crippen LogP contribution in [-0.4, -0.2) is 25.1 Å². The summed E-state index contributed by atoms with van der Waals surface area (Å²) in [6.45, 7) is 4.50. The Kier molecular flexibility index (Phi) is 5.16. The van der Waals surface area contributed by atoms with Gasteiger partial charge in [-0.25, -0.2) is 0 Å². The highest BCUT2D eigenvalue weighted by Gasteiger charge is 2.26. The van der Waals surface area contributed by atoms with Crippen LogP contribution >= 0.6 is 0 Å². The third-order valence-corrected chi connectivity index (χ3v) is 3.45. The fourth-order valence-electron chi connectivity index (χ4n) is 1.84. The molecule has 3 N–H and O–H groups in total. The van der Waals surface area contributed by atoms with Gasteiger partial charge in [0.2, 0.25) is 0 Å². The van der Waals surface area contributed by atoms with Crippen LogP contribution in [0.5, 0.6) is 5.75 Å². The number of nitrogens with one attached hydrogen (secondary N) is 1. The van der Waals surface area contributed by atoms with E-state index < -0.39 is 0 Å². The average Bonchev–Trinajstić information content (AvgIpc) is 2.44. The summed E-state index contributed by atoms with van der Waals surface area (Å²) in [6, 6.07) is 7.11. The Morgan fingerprint density at radius 3 is 2.56 bits per heavy atom. The third-order valence-electron chi connectivity index (χ3n) is 3.45. The number of hydrogen-bond acceptors (Lipinski definition) is 3. The molecule has 0 radical (unpaired) electrons. The first-order valence-electron chi connectivity index (χ1n) is 6.27. The van der Waals surface area contributed by atoms with Crippen LogP contribution in [0.4, 0.5) is 0 Å². The van der Waals surface area contributed by atoms with Crippen molar-refractivity contribution in [3.05, 3.63) is 29.8 Å². The number of ether oxygens (including phenoxy) is 1. The molecule has 1 aromatic rings. The highest BCUT2D eigenvalue weighted by atomic mass is 16.5. The van der Waals surface area contributed by atoms with E-state index in [1.165, 1.54) is 0 Å². The smallest absolute Gasteiger partial charge is 0.251 e. The maximum Gasteiger partial charge on any atom is 0.251 e. The number of methoxy groups -OCH3 is 1. The molecule has 100 valence electrons. The van der Waals surface area contributed by atoms with E-state index in [1.807, 2.05) is 19.9 Å². The number of amides is 1. The van der Waals surface area contributed by atoms with Crippen LogP contribution < -0.4 is 15.8 Å². The van der Waals surface area contributed by atoms with Crippen LogP contribution in [0.1, 0.15) is 37.0 Å². The normalized spacial score (nSPS) is 11.1. The summed E-state index contributed by atoms with van der Waals surface area (Å²) in [4.78, 5) is 12.2.